The third-order valence-electron chi connectivity index (χ3n) is 2.04. The van der Waals surface area contributed by atoms with Crippen LogP contribution in [-0.2, 0) is 9.59 Å². The molecule has 0 unspecified atom stereocenters. The molecule has 0 bridgehead atoms. The molecule has 0 aliphatic heterocycles. The van der Waals surface area contributed by atoms with Gasteiger partial charge in [-0.05, 0) is 11.6 Å². The van der Waals surface area contributed by atoms with Crippen LogP contribution >= 0.6 is 0 Å². The molecule has 0 aliphatic carbocycles. The summed E-state index contributed by atoms with van der Waals surface area (Å²) in [7, 11) is 0. The van der Waals surface area contributed by atoms with Gasteiger partial charge in [0.2, 0.25) is 11.8 Å². The first kappa shape index (κ1) is 13.0. The second-order valence-electron chi connectivity index (χ2n) is 3.61. The van der Waals surface area contributed by atoms with E-state index in [1.54, 1.807) is 0 Å². The monoisotopic (exact) mass is 232 g/mol. The first-order valence-electron chi connectivity index (χ1n) is 5.37. The quantitative estimate of drug-likeness (QED) is 0.831. The van der Waals surface area contributed by atoms with Gasteiger partial charge in [-0.2, -0.15) is 0 Å². The molecule has 2 N–H and O–H groups in total. The summed E-state index contributed by atoms with van der Waals surface area (Å²) in [5.41, 5.74) is 1.67. The molecule has 17 heavy (non-hydrogen) atoms. The predicted octanol–water partition coefficient (Wildman–Crippen LogP) is 1.79. The normalized spacial score (nSPS) is 10.2. The SMILES string of the molecule is CC(=O)NCC=Cc1ccccc1NC(C)=O. The van der Waals surface area contributed by atoms with Crippen LogP contribution in [0.25, 0.3) is 6.08 Å². The van der Waals surface area contributed by atoms with E-state index in [0.717, 1.165) is 11.3 Å². The van der Waals surface area contributed by atoms with Crippen LogP contribution in [0.3, 0.4) is 0 Å². The standard InChI is InChI=1S/C13H16N2O2/c1-10(16)14-9-5-7-12-6-3-4-8-13(12)15-11(2)17/h3-8H,9H2,1-2H3,(H,14,16)(H,15,17). The molecule has 4 heteroatoms. The topological polar surface area (TPSA) is 58.2 Å². The van der Waals surface area contributed by atoms with E-state index >= 15 is 0 Å². The van der Waals surface area contributed by atoms with Crippen LogP contribution in [-0.4, -0.2) is 18.4 Å². The summed E-state index contributed by atoms with van der Waals surface area (Å²) in [6.07, 6.45) is 3.70. The summed E-state index contributed by atoms with van der Waals surface area (Å²) in [6.45, 7) is 3.42. The molecule has 0 spiro atoms. The number of hydrogen-bond acceptors (Lipinski definition) is 2. The van der Waals surface area contributed by atoms with Crippen LogP contribution in [0.2, 0.25) is 0 Å². The Morgan fingerprint density at radius 2 is 1.88 bits per heavy atom. The Kier molecular flexibility index (Phi) is 4.94. The molecule has 0 atom stereocenters. The van der Waals surface area contributed by atoms with E-state index in [9.17, 15) is 9.59 Å². The Labute approximate surface area is 101 Å². The lowest BCUT2D eigenvalue weighted by Gasteiger charge is -2.05. The van der Waals surface area contributed by atoms with E-state index in [4.69, 9.17) is 0 Å². The molecular formula is C13H16N2O2. The number of nitrogens with one attached hydrogen (secondary N) is 2. The summed E-state index contributed by atoms with van der Waals surface area (Å²) in [5.74, 6) is -0.169. The molecule has 90 valence electrons. The Balaban J connectivity index is 2.69. The van der Waals surface area contributed by atoms with E-state index in [-0.39, 0.29) is 11.8 Å². The van der Waals surface area contributed by atoms with Crippen molar-refractivity contribution in [2.75, 3.05) is 11.9 Å². The number of carbonyl (C=O) groups excluding carboxylic acids is 2. The molecule has 2 amide bonds. The van der Waals surface area contributed by atoms with Gasteiger partial charge in [0.05, 0.1) is 0 Å². The molecule has 0 saturated heterocycles. The van der Waals surface area contributed by atoms with Crippen LogP contribution in [0.5, 0.6) is 0 Å². The molecule has 0 radical (unpaired) electrons. The zero-order valence-corrected chi connectivity index (χ0v) is 9.99. The van der Waals surface area contributed by atoms with Crippen LogP contribution in [0.1, 0.15) is 19.4 Å². The smallest absolute Gasteiger partial charge is 0.221 e. The lowest BCUT2D eigenvalue weighted by Crippen LogP contribution is -2.19. The van der Waals surface area contributed by atoms with Gasteiger partial charge in [0, 0.05) is 26.1 Å². The first-order valence-corrected chi connectivity index (χ1v) is 5.37. The van der Waals surface area contributed by atoms with E-state index in [2.05, 4.69) is 10.6 Å². The highest BCUT2D eigenvalue weighted by atomic mass is 16.2. The number of amides is 2. The van der Waals surface area contributed by atoms with Crippen molar-refractivity contribution in [2.45, 2.75) is 13.8 Å². The van der Waals surface area contributed by atoms with Crippen molar-refractivity contribution in [3.8, 4) is 0 Å². The van der Waals surface area contributed by atoms with E-state index in [1.165, 1.54) is 13.8 Å². The molecule has 1 aromatic carbocycles. The van der Waals surface area contributed by atoms with Crippen molar-refractivity contribution in [3.63, 3.8) is 0 Å². The Morgan fingerprint density at radius 3 is 2.53 bits per heavy atom. The highest BCUT2D eigenvalue weighted by molar-refractivity contribution is 5.91. The summed E-state index contributed by atoms with van der Waals surface area (Å²) in [4.78, 5) is 21.7. The summed E-state index contributed by atoms with van der Waals surface area (Å²) in [5, 5.41) is 5.41. The second-order valence-corrected chi connectivity index (χ2v) is 3.61. The molecular weight excluding hydrogens is 216 g/mol. The number of hydrogen-bond donors (Lipinski definition) is 2. The third-order valence-corrected chi connectivity index (χ3v) is 2.04. The van der Waals surface area contributed by atoms with Crippen LogP contribution in [0.15, 0.2) is 30.3 Å². The molecule has 0 aromatic heterocycles. The summed E-state index contributed by atoms with van der Waals surface area (Å²) < 4.78 is 0. The average molecular weight is 232 g/mol. The number of anilines is 1. The lowest BCUT2D eigenvalue weighted by atomic mass is 10.1. The second kappa shape index (κ2) is 6.48. The van der Waals surface area contributed by atoms with Crippen molar-refractivity contribution in [3.05, 3.63) is 35.9 Å². The van der Waals surface area contributed by atoms with Crippen molar-refractivity contribution in [2.24, 2.45) is 0 Å². The van der Waals surface area contributed by atoms with Crippen molar-refractivity contribution in [1.82, 2.24) is 5.32 Å². The van der Waals surface area contributed by atoms with Gasteiger partial charge >= 0.3 is 0 Å². The maximum Gasteiger partial charge on any atom is 0.221 e. The highest BCUT2D eigenvalue weighted by Gasteiger charge is 1.99. The zero-order chi connectivity index (χ0) is 12.7. The van der Waals surface area contributed by atoms with Gasteiger partial charge in [-0.1, -0.05) is 30.4 Å². The van der Waals surface area contributed by atoms with Crippen molar-refractivity contribution in [1.29, 1.82) is 0 Å². The van der Waals surface area contributed by atoms with E-state index in [1.807, 2.05) is 36.4 Å². The predicted molar refractivity (Wildman–Crippen MR) is 68.5 cm³/mol. The molecule has 1 aromatic rings. The first-order chi connectivity index (χ1) is 8.09. The molecule has 0 aliphatic rings. The number of rotatable bonds is 4. The fraction of sp³-hybridized carbons (Fsp3) is 0.231. The molecule has 0 fully saturated rings. The highest BCUT2D eigenvalue weighted by Crippen LogP contribution is 2.16. The lowest BCUT2D eigenvalue weighted by molar-refractivity contribution is -0.118. The maximum atomic E-state index is 11.0. The van der Waals surface area contributed by atoms with E-state index < -0.39 is 0 Å². The average Bonchev–Trinajstić information content (AvgIpc) is 2.25. The minimum absolute atomic E-state index is 0.0650. The van der Waals surface area contributed by atoms with E-state index in [0.29, 0.717) is 6.54 Å². The number of benzene rings is 1. The van der Waals surface area contributed by atoms with Crippen LogP contribution in [0.4, 0.5) is 5.69 Å². The van der Waals surface area contributed by atoms with Gasteiger partial charge in [0.1, 0.15) is 0 Å². The Morgan fingerprint density at radius 1 is 1.18 bits per heavy atom. The van der Waals surface area contributed by atoms with Crippen molar-refractivity contribution < 1.29 is 9.59 Å². The largest absolute Gasteiger partial charge is 0.353 e. The number of para-hydroxylation sites is 1. The molecule has 0 heterocycles. The van der Waals surface area contributed by atoms with Gasteiger partial charge in [-0.15, -0.1) is 0 Å². The van der Waals surface area contributed by atoms with Crippen molar-refractivity contribution >= 4 is 23.6 Å². The van der Waals surface area contributed by atoms with Gasteiger partial charge in [-0.3, -0.25) is 9.59 Å². The minimum Gasteiger partial charge on any atom is -0.353 e. The maximum absolute atomic E-state index is 11.0. The molecule has 4 nitrogen and oxygen atoms in total. The zero-order valence-electron chi connectivity index (χ0n) is 9.99. The molecule has 1 rings (SSSR count). The summed E-state index contributed by atoms with van der Waals surface area (Å²) >= 11 is 0. The Bertz CT molecular complexity index is 439. The fourth-order valence-corrected chi connectivity index (χ4v) is 1.33. The van der Waals surface area contributed by atoms with Crippen LogP contribution < -0.4 is 10.6 Å². The minimum atomic E-state index is -0.104. The number of carbonyl (C=O) groups is 2. The summed E-state index contributed by atoms with van der Waals surface area (Å²) in [6, 6.07) is 7.48. The van der Waals surface area contributed by atoms with Gasteiger partial charge in [-0.25, -0.2) is 0 Å². The van der Waals surface area contributed by atoms with Gasteiger partial charge in [0.25, 0.3) is 0 Å². The van der Waals surface area contributed by atoms with Crippen LogP contribution in [0, 0.1) is 0 Å². The third kappa shape index (κ3) is 4.97. The van der Waals surface area contributed by atoms with Gasteiger partial charge in [0.15, 0.2) is 0 Å². The molecule has 0 saturated carbocycles. The Hall–Kier alpha value is -2.10. The van der Waals surface area contributed by atoms with Gasteiger partial charge < -0.3 is 10.6 Å². The fourth-order valence-electron chi connectivity index (χ4n) is 1.33.